The molecule has 0 unspecified atom stereocenters. The van der Waals surface area contributed by atoms with Gasteiger partial charge < -0.3 is 9.47 Å². The van der Waals surface area contributed by atoms with Crippen LogP contribution in [0.4, 0.5) is 0 Å². The van der Waals surface area contributed by atoms with Gasteiger partial charge in [0.15, 0.2) is 23.0 Å². The molecular weight excluding hydrogens is 540 g/mol. The molecule has 0 amide bonds. The van der Waals surface area contributed by atoms with Crippen LogP contribution in [-0.2, 0) is 5.41 Å². The van der Waals surface area contributed by atoms with Crippen molar-refractivity contribution in [2.24, 2.45) is 0 Å². The van der Waals surface area contributed by atoms with Crippen LogP contribution in [-0.4, -0.2) is 9.55 Å². The van der Waals surface area contributed by atoms with Crippen molar-refractivity contribution in [1.82, 2.24) is 9.55 Å². The van der Waals surface area contributed by atoms with Gasteiger partial charge in [-0.1, -0.05) is 98.8 Å². The molecular formula is C40H28N2O2. The molecule has 2 aliphatic rings. The predicted octanol–water partition coefficient (Wildman–Crippen LogP) is 10.6. The summed E-state index contributed by atoms with van der Waals surface area (Å²) in [7, 11) is 0. The Kier molecular flexibility index (Phi) is 5.21. The van der Waals surface area contributed by atoms with Crippen molar-refractivity contribution in [2.75, 3.05) is 0 Å². The van der Waals surface area contributed by atoms with Crippen LogP contribution in [0, 0.1) is 0 Å². The quantitative estimate of drug-likeness (QED) is 0.213. The van der Waals surface area contributed by atoms with Crippen LogP contribution in [0.15, 0.2) is 133 Å². The zero-order chi connectivity index (χ0) is 29.4. The molecule has 4 nitrogen and oxygen atoms in total. The van der Waals surface area contributed by atoms with Gasteiger partial charge in [0.25, 0.3) is 0 Å². The average Bonchev–Trinajstić information content (AvgIpc) is 3.56. The number of imidazole rings is 1. The maximum absolute atomic E-state index is 6.59. The molecule has 44 heavy (non-hydrogen) atoms. The second-order valence-electron chi connectivity index (χ2n) is 12.0. The third kappa shape index (κ3) is 3.61. The molecule has 0 radical (unpaired) electrons. The Morgan fingerprint density at radius 1 is 0.523 bits per heavy atom. The molecule has 9 rings (SSSR count). The highest BCUT2D eigenvalue weighted by atomic mass is 16.6. The number of benzene rings is 6. The third-order valence-corrected chi connectivity index (χ3v) is 9.09. The molecule has 0 saturated heterocycles. The number of ether oxygens (including phenoxy) is 2. The molecule has 0 bridgehead atoms. The molecule has 7 aromatic rings. The van der Waals surface area contributed by atoms with Crippen LogP contribution in [0.25, 0.3) is 50.4 Å². The van der Waals surface area contributed by atoms with Gasteiger partial charge in [0.05, 0.1) is 11.0 Å². The first kappa shape index (κ1) is 24.9. The van der Waals surface area contributed by atoms with E-state index in [0.29, 0.717) is 11.5 Å². The lowest BCUT2D eigenvalue weighted by molar-refractivity contribution is 0.359. The molecule has 0 N–H and O–H groups in total. The molecule has 1 aromatic heterocycles. The summed E-state index contributed by atoms with van der Waals surface area (Å²) < 4.78 is 15.3. The topological polar surface area (TPSA) is 36.3 Å². The Morgan fingerprint density at radius 3 is 2.05 bits per heavy atom. The molecule has 2 heterocycles. The minimum atomic E-state index is -0.103. The Bertz CT molecular complexity index is 2260. The molecule has 4 heteroatoms. The van der Waals surface area contributed by atoms with Gasteiger partial charge in [0, 0.05) is 16.7 Å². The summed E-state index contributed by atoms with van der Waals surface area (Å²) >= 11 is 0. The number of fused-ring (bicyclic) bond motifs is 6. The highest BCUT2D eigenvalue weighted by molar-refractivity contribution is 5.89. The zero-order valence-corrected chi connectivity index (χ0v) is 24.4. The molecule has 1 aliphatic carbocycles. The first-order valence-electron chi connectivity index (χ1n) is 15.0. The maximum Gasteiger partial charge on any atom is 0.170 e. The van der Waals surface area contributed by atoms with Crippen LogP contribution in [0.3, 0.4) is 0 Å². The van der Waals surface area contributed by atoms with Crippen molar-refractivity contribution in [2.45, 2.75) is 19.3 Å². The van der Waals surface area contributed by atoms with E-state index in [1.165, 1.54) is 22.3 Å². The molecule has 210 valence electrons. The first-order chi connectivity index (χ1) is 21.6. The summed E-state index contributed by atoms with van der Waals surface area (Å²) in [4.78, 5) is 5.13. The van der Waals surface area contributed by atoms with Crippen LogP contribution in [0.5, 0.6) is 23.0 Å². The van der Waals surface area contributed by atoms with Gasteiger partial charge >= 0.3 is 0 Å². The summed E-state index contributed by atoms with van der Waals surface area (Å²) in [6.07, 6.45) is 0. The Hall–Kier alpha value is -5.61. The van der Waals surface area contributed by atoms with Crippen LogP contribution < -0.4 is 9.47 Å². The van der Waals surface area contributed by atoms with Crippen molar-refractivity contribution < 1.29 is 9.47 Å². The van der Waals surface area contributed by atoms with Crippen LogP contribution in [0.1, 0.15) is 25.0 Å². The molecule has 0 spiro atoms. The fourth-order valence-corrected chi connectivity index (χ4v) is 6.92. The van der Waals surface area contributed by atoms with E-state index in [1.807, 2.05) is 18.2 Å². The van der Waals surface area contributed by atoms with E-state index in [1.54, 1.807) is 0 Å². The second kappa shape index (κ2) is 9.19. The van der Waals surface area contributed by atoms with E-state index in [-0.39, 0.29) is 5.41 Å². The fraction of sp³-hybridized carbons (Fsp3) is 0.0750. The van der Waals surface area contributed by atoms with Crippen LogP contribution >= 0.6 is 0 Å². The summed E-state index contributed by atoms with van der Waals surface area (Å²) in [5, 5.41) is 0. The van der Waals surface area contributed by atoms with E-state index >= 15 is 0 Å². The van der Waals surface area contributed by atoms with Gasteiger partial charge in [-0.25, -0.2) is 4.98 Å². The van der Waals surface area contributed by atoms with Crippen molar-refractivity contribution in [1.29, 1.82) is 0 Å². The number of para-hydroxylation sites is 3. The number of nitrogens with zero attached hydrogens (tertiary/aromatic N) is 2. The normalized spacial score (nSPS) is 13.8. The van der Waals surface area contributed by atoms with E-state index in [0.717, 1.165) is 50.7 Å². The van der Waals surface area contributed by atoms with E-state index < -0.39 is 0 Å². The Labute approximate surface area is 255 Å². The molecule has 0 atom stereocenters. The van der Waals surface area contributed by atoms with Crippen molar-refractivity contribution in [3.8, 4) is 62.3 Å². The highest BCUT2D eigenvalue weighted by Crippen LogP contribution is 2.55. The number of hydrogen-bond donors (Lipinski definition) is 0. The summed E-state index contributed by atoms with van der Waals surface area (Å²) in [6.45, 7) is 4.55. The standard InChI is InChI=1S/C40H28N2O2/c1-40(2)31-17-9-8-15-28(31)30-23-37-38(24-32(30)40)43-35-21-20-25(22-36(35)44-37)27-14-6-7-16-29(27)39-41-33-18-10-11-19-34(33)42(39)26-12-4-3-5-13-26/h3-24H,1-2H3. The number of rotatable bonds is 3. The number of aromatic nitrogens is 2. The first-order valence-corrected chi connectivity index (χ1v) is 15.0. The molecule has 0 saturated carbocycles. The van der Waals surface area contributed by atoms with Crippen molar-refractivity contribution in [3.05, 3.63) is 145 Å². The van der Waals surface area contributed by atoms with Crippen molar-refractivity contribution in [3.63, 3.8) is 0 Å². The highest BCUT2D eigenvalue weighted by Gasteiger charge is 2.37. The van der Waals surface area contributed by atoms with Gasteiger partial charge in [0.1, 0.15) is 5.82 Å². The lowest BCUT2D eigenvalue weighted by atomic mass is 9.82. The fourth-order valence-electron chi connectivity index (χ4n) is 6.92. The monoisotopic (exact) mass is 568 g/mol. The Balaban J connectivity index is 1.15. The maximum atomic E-state index is 6.59. The third-order valence-electron chi connectivity index (χ3n) is 9.09. The van der Waals surface area contributed by atoms with Crippen molar-refractivity contribution >= 4 is 11.0 Å². The van der Waals surface area contributed by atoms with Gasteiger partial charge in [-0.3, -0.25) is 4.57 Å². The van der Waals surface area contributed by atoms with Gasteiger partial charge in [-0.05, 0) is 81.9 Å². The minimum Gasteiger partial charge on any atom is -0.450 e. The lowest BCUT2D eigenvalue weighted by Gasteiger charge is -2.25. The number of hydrogen-bond acceptors (Lipinski definition) is 3. The summed E-state index contributed by atoms with van der Waals surface area (Å²) in [6, 6.07) is 46.3. The Morgan fingerprint density at radius 2 is 1.18 bits per heavy atom. The van der Waals surface area contributed by atoms with E-state index in [9.17, 15) is 0 Å². The summed E-state index contributed by atoms with van der Waals surface area (Å²) in [5.74, 6) is 3.79. The van der Waals surface area contributed by atoms with Gasteiger partial charge in [-0.15, -0.1) is 0 Å². The molecule has 1 aliphatic heterocycles. The zero-order valence-electron chi connectivity index (χ0n) is 24.4. The van der Waals surface area contributed by atoms with Gasteiger partial charge in [-0.2, -0.15) is 0 Å². The predicted molar refractivity (Wildman–Crippen MR) is 176 cm³/mol. The van der Waals surface area contributed by atoms with E-state index in [4.69, 9.17) is 14.5 Å². The molecule has 6 aromatic carbocycles. The molecule has 0 fully saturated rings. The summed E-state index contributed by atoms with van der Waals surface area (Å²) in [5.41, 5.74) is 11.2. The van der Waals surface area contributed by atoms with Crippen LogP contribution in [0.2, 0.25) is 0 Å². The minimum absolute atomic E-state index is 0.103. The second-order valence-corrected chi connectivity index (χ2v) is 12.0. The van der Waals surface area contributed by atoms with E-state index in [2.05, 4.69) is 134 Å². The lowest BCUT2D eigenvalue weighted by Crippen LogP contribution is -2.15. The average molecular weight is 569 g/mol. The van der Waals surface area contributed by atoms with Gasteiger partial charge in [0.2, 0.25) is 0 Å². The smallest absolute Gasteiger partial charge is 0.170 e. The largest absolute Gasteiger partial charge is 0.450 e. The SMILES string of the molecule is CC1(C)c2ccccc2-c2cc3c(cc21)Oc1ccc(-c2ccccc2-c2nc4ccccc4n2-c2ccccc2)cc1O3.